The summed E-state index contributed by atoms with van der Waals surface area (Å²) < 4.78 is 0. The molecule has 0 heterocycles. The molecular formula is C11H18N2. The van der Waals surface area contributed by atoms with E-state index in [1.165, 1.54) is 19.3 Å². The molecule has 2 nitrogen and oxygen atoms in total. The highest BCUT2D eigenvalue weighted by Gasteiger charge is 2.27. The van der Waals surface area contributed by atoms with Gasteiger partial charge in [-0.05, 0) is 32.2 Å². The Labute approximate surface area is 80.8 Å². The van der Waals surface area contributed by atoms with Crippen molar-refractivity contribution in [1.82, 2.24) is 4.90 Å². The van der Waals surface area contributed by atoms with Gasteiger partial charge in [-0.15, -0.1) is 6.58 Å². The Morgan fingerprint density at radius 3 is 2.77 bits per heavy atom. The number of hydrogen-bond acceptors (Lipinski definition) is 2. The number of nitrogens with zero attached hydrogens (tertiary/aromatic N) is 2. The molecule has 0 bridgehead atoms. The van der Waals surface area contributed by atoms with Gasteiger partial charge in [0.2, 0.25) is 0 Å². The van der Waals surface area contributed by atoms with E-state index < -0.39 is 0 Å². The average molecular weight is 178 g/mol. The standard InChI is InChI=1S/C11H18N2/c1-2-3-4-9-13(10-5-8-12)11-6-7-11/h2,11H,1,3-7,9-10H2. The van der Waals surface area contributed by atoms with Crippen molar-refractivity contribution in [3.8, 4) is 6.07 Å². The number of unbranched alkanes of at least 4 members (excludes halogenated alkanes) is 1. The SMILES string of the molecule is C=CCCCN(CCC#N)C1CC1. The van der Waals surface area contributed by atoms with Gasteiger partial charge in [-0.25, -0.2) is 0 Å². The fourth-order valence-corrected chi connectivity index (χ4v) is 1.55. The summed E-state index contributed by atoms with van der Waals surface area (Å²) in [7, 11) is 0. The quantitative estimate of drug-likeness (QED) is 0.442. The highest BCUT2D eigenvalue weighted by atomic mass is 15.2. The maximum absolute atomic E-state index is 8.50. The van der Waals surface area contributed by atoms with Crippen LogP contribution in [0.25, 0.3) is 0 Å². The minimum Gasteiger partial charge on any atom is -0.299 e. The van der Waals surface area contributed by atoms with Crippen LogP contribution in [-0.4, -0.2) is 24.0 Å². The van der Waals surface area contributed by atoms with E-state index in [0.717, 1.165) is 25.6 Å². The molecule has 1 aliphatic rings. The monoisotopic (exact) mass is 178 g/mol. The maximum atomic E-state index is 8.50. The van der Waals surface area contributed by atoms with E-state index >= 15 is 0 Å². The van der Waals surface area contributed by atoms with E-state index in [1.807, 2.05) is 6.08 Å². The van der Waals surface area contributed by atoms with Crippen LogP contribution in [0.5, 0.6) is 0 Å². The Balaban J connectivity index is 2.14. The molecule has 0 aromatic carbocycles. The molecule has 1 rings (SSSR count). The lowest BCUT2D eigenvalue weighted by Gasteiger charge is -2.19. The van der Waals surface area contributed by atoms with Gasteiger partial charge >= 0.3 is 0 Å². The summed E-state index contributed by atoms with van der Waals surface area (Å²) in [5.41, 5.74) is 0. The van der Waals surface area contributed by atoms with Gasteiger partial charge in [-0.3, -0.25) is 4.90 Å². The van der Waals surface area contributed by atoms with E-state index in [-0.39, 0.29) is 0 Å². The number of rotatable bonds is 7. The van der Waals surface area contributed by atoms with Crippen molar-refractivity contribution < 1.29 is 0 Å². The molecule has 0 spiro atoms. The van der Waals surface area contributed by atoms with Crippen LogP contribution in [0.2, 0.25) is 0 Å². The Morgan fingerprint density at radius 2 is 2.23 bits per heavy atom. The molecule has 13 heavy (non-hydrogen) atoms. The van der Waals surface area contributed by atoms with E-state index in [0.29, 0.717) is 6.42 Å². The summed E-state index contributed by atoms with van der Waals surface area (Å²) in [6, 6.07) is 3.00. The predicted molar refractivity (Wildman–Crippen MR) is 54.3 cm³/mol. The molecule has 0 aliphatic heterocycles. The molecule has 1 aliphatic carbocycles. The van der Waals surface area contributed by atoms with Crippen LogP contribution >= 0.6 is 0 Å². The van der Waals surface area contributed by atoms with Gasteiger partial charge in [0.15, 0.2) is 0 Å². The van der Waals surface area contributed by atoms with Crippen molar-refractivity contribution in [2.45, 2.75) is 38.1 Å². The fourth-order valence-electron chi connectivity index (χ4n) is 1.55. The molecule has 0 N–H and O–H groups in total. The summed E-state index contributed by atoms with van der Waals surface area (Å²) in [6.45, 7) is 5.80. The summed E-state index contributed by atoms with van der Waals surface area (Å²) in [4.78, 5) is 2.45. The number of allylic oxidation sites excluding steroid dienone is 1. The van der Waals surface area contributed by atoms with Crippen molar-refractivity contribution in [3.63, 3.8) is 0 Å². The van der Waals surface area contributed by atoms with Crippen LogP contribution in [0.3, 0.4) is 0 Å². The zero-order valence-electron chi connectivity index (χ0n) is 8.21. The second-order valence-corrected chi connectivity index (χ2v) is 3.61. The Morgan fingerprint density at radius 1 is 1.46 bits per heavy atom. The Kier molecular flexibility index (Phi) is 4.56. The van der Waals surface area contributed by atoms with Crippen LogP contribution in [0.15, 0.2) is 12.7 Å². The van der Waals surface area contributed by atoms with Crippen molar-refractivity contribution in [2.24, 2.45) is 0 Å². The molecule has 1 fully saturated rings. The van der Waals surface area contributed by atoms with Crippen LogP contribution in [0.4, 0.5) is 0 Å². The first-order valence-corrected chi connectivity index (χ1v) is 5.10. The zero-order chi connectivity index (χ0) is 9.52. The maximum Gasteiger partial charge on any atom is 0.0635 e. The summed E-state index contributed by atoms with van der Waals surface area (Å²) >= 11 is 0. The van der Waals surface area contributed by atoms with E-state index in [9.17, 15) is 0 Å². The van der Waals surface area contributed by atoms with Gasteiger partial charge in [0.25, 0.3) is 0 Å². The number of hydrogen-bond donors (Lipinski definition) is 0. The minimum absolute atomic E-state index is 0.671. The smallest absolute Gasteiger partial charge is 0.0635 e. The molecule has 2 heteroatoms. The highest BCUT2D eigenvalue weighted by Crippen LogP contribution is 2.26. The van der Waals surface area contributed by atoms with Crippen molar-refractivity contribution in [2.75, 3.05) is 13.1 Å². The van der Waals surface area contributed by atoms with Crippen LogP contribution < -0.4 is 0 Å². The van der Waals surface area contributed by atoms with Crippen molar-refractivity contribution in [3.05, 3.63) is 12.7 Å². The largest absolute Gasteiger partial charge is 0.299 e. The zero-order valence-corrected chi connectivity index (χ0v) is 8.21. The first kappa shape index (κ1) is 10.3. The van der Waals surface area contributed by atoms with Gasteiger partial charge in [0.05, 0.1) is 6.07 Å². The third-order valence-electron chi connectivity index (χ3n) is 2.43. The first-order chi connectivity index (χ1) is 6.38. The van der Waals surface area contributed by atoms with E-state index in [4.69, 9.17) is 5.26 Å². The molecule has 0 atom stereocenters. The molecule has 1 saturated carbocycles. The molecule has 0 radical (unpaired) electrons. The topological polar surface area (TPSA) is 27.0 Å². The van der Waals surface area contributed by atoms with E-state index in [1.54, 1.807) is 0 Å². The van der Waals surface area contributed by atoms with Crippen LogP contribution in [-0.2, 0) is 0 Å². The minimum atomic E-state index is 0.671. The van der Waals surface area contributed by atoms with Crippen LogP contribution in [0, 0.1) is 11.3 Å². The van der Waals surface area contributed by atoms with Gasteiger partial charge in [0, 0.05) is 19.0 Å². The van der Waals surface area contributed by atoms with Gasteiger partial charge in [0.1, 0.15) is 0 Å². The van der Waals surface area contributed by atoms with Gasteiger partial charge in [-0.1, -0.05) is 6.08 Å². The summed E-state index contributed by atoms with van der Waals surface area (Å²) in [6.07, 6.45) is 7.58. The summed E-state index contributed by atoms with van der Waals surface area (Å²) in [5, 5.41) is 8.50. The van der Waals surface area contributed by atoms with Gasteiger partial charge < -0.3 is 0 Å². The molecule has 72 valence electrons. The molecule has 0 saturated heterocycles. The fraction of sp³-hybridized carbons (Fsp3) is 0.727. The Bertz CT molecular complexity index is 189. The van der Waals surface area contributed by atoms with Crippen LogP contribution in [0.1, 0.15) is 32.1 Å². The second kappa shape index (κ2) is 5.77. The normalized spacial score (nSPS) is 15.7. The summed E-state index contributed by atoms with van der Waals surface area (Å²) in [5.74, 6) is 0. The number of nitriles is 1. The van der Waals surface area contributed by atoms with Crippen molar-refractivity contribution >= 4 is 0 Å². The first-order valence-electron chi connectivity index (χ1n) is 5.10. The molecule has 0 aromatic heterocycles. The average Bonchev–Trinajstić information content (AvgIpc) is 2.94. The molecule has 0 amide bonds. The highest BCUT2D eigenvalue weighted by molar-refractivity contribution is 4.86. The molecular weight excluding hydrogens is 160 g/mol. The van der Waals surface area contributed by atoms with Gasteiger partial charge in [-0.2, -0.15) is 5.26 Å². The van der Waals surface area contributed by atoms with E-state index in [2.05, 4.69) is 17.5 Å². The second-order valence-electron chi connectivity index (χ2n) is 3.61. The third-order valence-corrected chi connectivity index (χ3v) is 2.43. The molecule has 0 unspecified atom stereocenters. The third kappa shape index (κ3) is 4.10. The lowest BCUT2D eigenvalue weighted by atomic mass is 10.2. The molecule has 0 aromatic rings. The lowest BCUT2D eigenvalue weighted by molar-refractivity contribution is 0.267. The van der Waals surface area contributed by atoms with Crippen molar-refractivity contribution in [1.29, 1.82) is 5.26 Å². The Hall–Kier alpha value is -0.810. The lowest BCUT2D eigenvalue weighted by Crippen LogP contribution is -2.28. The predicted octanol–water partition coefficient (Wildman–Crippen LogP) is 2.33.